The Labute approximate surface area is 147 Å². The van der Waals surface area contributed by atoms with E-state index in [9.17, 15) is 14.0 Å². The van der Waals surface area contributed by atoms with Gasteiger partial charge in [-0.1, -0.05) is 29.3 Å². The Morgan fingerprint density at radius 2 is 1.79 bits per heavy atom. The van der Waals surface area contributed by atoms with Gasteiger partial charge in [0, 0.05) is 10.0 Å². The molecule has 0 atom stereocenters. The minimum Gasteiger partial charge on any atom is -0.482 e. The third-order valence-corrected chi connectivity index (χ3v) is 3.19. The zero-order valence-electron chi connectivity index (χ0n) is 12.2. The number of nitrogens with one attached hydrogen (secondary N) is 1. The van der Waals surface area contributed by atoms with Crippen LogP contribution < -0.4 is 10.1 Å². The molecule has 0 unspecified atom stereocenters. The van der Waals surface area contributed by atoms with E-state index in [1.54, 1.807) is 18.2 Å². The third-order valence-electron chi connectivity index (χ3n) is 2.72. The van der Waals surface area contributed by atoms with Crippen molar-refractivity contribution in [3.8, 4) is 5.75 Å². The molecule has 0 bridgehead atoms. The second-order valence-electron chi connectivity index (χ2n) is 4.58. The second-order valence-corrected chi connectivity index (χ2v) is 5.45. The lowest BCUT2D eigenvalue weighted by molar-refractivity contribution is -0.149. The van der Waals surface area contributed by atoms with E-state index in [1.165, 1.54) is 18.2 Å². The quantitative estimate of drug-likeness (QED) is 0.786. The fraction of sp³-hybridized carbons (Fsp3) is 0.125. The fourth-order valence-electron chi connectivity index (χ4n) is 1.66. The molecule has 1 N–H and O–H groups in total. The van der Waals surface area contributed by atoms with Gasteiger partial charge in [0.25, 0.3) is 5.91 Å². The molecule has 0 aliphatic heterocycles. The lowest BCUT2D eigenvalue weighted by Gasteiger charge is -2.08. The molecule has 0 saturated carbocycles. The lowest BCUT2D eigenvalue weighted by Crippen LogP contribution is -2.24. The molecule has 5 nitrogen and oxygen atoms in total. The first kappa shape index (κ1) is 18.0. The van der Waals surface area contributed by atoms with E-state index in [0.29, 0.717) is 10.8 Å². The molecule has 0 heterocycles. The van der Waals surface area contributed by atoms with Gasteiger partial charge in [0.2, 0.25) is 0 Å². The number of benzene rings is 2. The van der Waals surface area contributed by atoms with E-state index in [2.05, 4.69) is 5.32 Å². The topological polar surface area (TPSA) is 64.6 Å². The van der Waals surface area contributed by atoms with Gasteiger partial charge in [0.15, 0.2) is 13.2 Å². The molecule has 0 aromatic heterocycles. The van der Waals surface area contributed by atoms with Crippen molar-refractivity contribution < 1.29 is 23.5 Å². The van der Waals surface area contributed by atoms with E-state index in [1.807, 2.05) is 0 Å². The standard InChI is InChI=1S/C16H12Cl2FNO4/c17-10-2-1-3-12(6-10)23-9-16(22)24-8-15(21)20-14-5-4-11(18)7-13(14)19/h1-7H,8-9H2,(H,20,21). The summed E-state index contributed by atoms with van der Waals surface area (Å²) in [5.41, 5.74) is -0.0596. The predicted octanol–water partition coefficient (Wildman–Crippen LogP) is 3.69. The number of amides is 1. The minimum absolute atomic E-state index is 0.0596. The van der Waals surface area contributed by atoms with Crippen LogP contribution in [0.3, 0.4) is 0 Å². The highest BCUT2D eigenvalue weighted by Gasteiger charge is 2.11. The Kier molecular flexibility index (Phi) is 6.40. The van der Waals surface area contributed by atoms with Gasteiger partial charge < -0.3 is 14.8 Å². The van der Waals surface area contributed by atoms with Crippen molar-refractivity contribution in [3.63, 3.8) is 0 Å². The van der Waals surface area contributed by atoms with Gasteiger partial charge in [0.05, 0.1) is 5.69 Å². The van der Waals surface area contributed by atoms with Crippen LogP contribution in [0.5, 0.6) is 5.75 Å². The summed E-state index contributed by atoms with van der Waals surface area (Å²) in [6, 6.07) is 10.3. The van der Waals surface area contributed by atoms with Crippen LogP contribution >= 0.6 is 23.2 Å². The van der Waals surface area contributed by atoms with Gasteiger partial charge in [-0.05, 0) is 36.4 Å². The summed E-state index contributed by atoms with van der Waals surface area (Å²) in [6.07, 6.45) is 0. The molecule has 24 heavy (non-hydrogen) atoms. The number of hydrogen-bond acceptors (Lipinski definition) is 4. The Morgan fingerprint density at radius 1 is 1.04 bits per heavy atom. The summed E-state index contributed by atoms with van der Waals surface area (Å²) in [5.74, 6) is -1.73. The molecular formula is C16H12Cl2FNO4. The molecular weight excluding hydrogens is 360 g/mol. The average molecular weight is 372 g/mol. The summed E-state index contributed by atoms with van der Waals surface area (Å²) in [5, 5.41) is 2.93. The third kappa shape index (κ3) is 5.72. The highest BCUT2D eigenvalue weighted by molar-refractivity contribution is 6.31. The number of anilines is 1. The first-order chi connectivity index (χ1) is 11.4. The first-order valence-electron chi connectivity index (χ1n) is 6.73. The number of halogens is 3. The van der Waals surface area contributed by atoms with E-state index in [0.717, 1.165) is 6.07 Å². The Bertz CT molecular complexity index is 755. The minimum atomic E-state index is -0.748. The monoisotopic (exact) mass is 371 g/mol. The molecule has 0 spiro atoms. The van der Waals surface area contributed by atoms with Crippen LogP contribution in [0.2, 0.25) is 10.0 Å². The number of hydrogen-bond donors (Lipinski definition) is 1. The second kappa shape index (κ2) is 8.52. The van der Waals surface area contributed by atoms with Crippen LogP contribution in [0.1, 0.15) is 0 Å². The maximum atomic E-state index is 13.5. The van der Waals surface area contributed by atoms with Crippen LogP contribution in [-0.2, 0) is 14.3 Å². The summed E-state index contributed by atoms with van der Waals surface area (Å²) in [4.78, 5) is 23.1. The van der Waals surface area contributed by atoms with Crippen LogP contribution in [0.15, 0.2) is 42.5 Å². The van der Waals surface area contributed by atoms with Crippen molar-refractivity contribution in [1.82, 2.24) is 0 Å². The lowest BCUT2D eigenvalue weighted by atomic mass is 10.3. The van der Waals surface area contributed by atoms with Crippen LogP contribution in [0.4, 0.5) is 10.1 Å². The zero-order chi connectivity index (χ0) is 17.5. The fourth-order valence-corrected chi connectivity index (χ4v) is 2.00. The Balaban J connectivity index is 1.75. The van der Waals surface area contributed by atoms with E-state index in [-0.39, 0.29) is 17.3 Å². The smallest absolute Gasteiger partial charge is 0.344 e. The van der Waals surface area contributed by atoms with Gasteiger partial charge >= 0.3 is 5.97 Å². The summed E-state index contributed by atoms with van der Waals surface area (Å²) in [7, 11) is 0. The average Bonchev–Trinajstić information content (AvgIpc) is 2.54. The molecule has 0 fully saturated rings. The number of rotatable bonds is 6. The normalized spacial score (nSPS) is 10.1. The molecule has 0 aliphatic carbocycles. The van der Waals surface area contributed by atoms with Gasteiger partial charge in [-0.15, -0.1) is 0 Å². The number of esters is 1. The van der Waals surface area contributed by atoms with Crippen molar-refractivity contribution in [1.29, 1.82) is 0 Å². The Morgan fingerprint density at radius 3 is 2.50 bits per heavy atom. The zero-order valence-corrected chi connectivity index (χ0v) is 13.7. The molecule has 0 saturated heterocycles. The van der Waals surface area contributed by atoms with E-state index >= 15 is 0 Å². The molecule has 0 aliphatic rings. The molecule has 0 radical (unpaired) electrons. The predicted molar refractivity (Wildman–Crippen MR) is 87.9 cm³/mol. The first-order valence-corrected chi connectivity index (χ1v) is 7.48. The molecule has 8 heteroatoms. The van der Waals surface area contributed by atoms with Crippen LogP contribution in [0.25, 0.3) is 0 Å². The van der Waals surface area contributed by atoms with Crippen LogP contribution in [-0.4, -0.2) is 25.1 Å². The van der Waals surface area contributed by atoms with Crippen molar-refractivity contribution >= 4 is 40.8 Å². The number of carbonyl (C=O) groups is 2. The number of ether oxygens (including phenoxy) is 2. The van der Waals surface area contributed by atoms with Gasteiger partial charge in [-0.25, -0.2) is 9.18 Å². The largest absolute Gasteiger partial charge is 0.482 e. The highest BCUT2D eigenvalue weighted by atomic mass is 35.5. The van der Waals surface area contributed by atoms with Crippen molar-refractivity contribution in [3.05, 3.63) is 58.3 Å². The molecule has 126 valence electrons. The van der Waals surface area contributed by atoms with Gasteiger partial charge in [-0.2, -0.15) is 0 Å². The summed E-state index contributed by atoms with van der Waals surface area (Å²) >= 11 is 11.4. The van der Waals surface area contributed by atoms with Crippen molar-refractivity contribution in [2.24, 2.45) is 0 Å². The molecule has 2 aromatic rings. The summed E-state index contributed by atoms with van der Waals surface area (Å²) in [6.45, 7) is -0.956. The van der Waals surface area contributed by atoms with Gasteiger partial charge in [-0.3, -0.25) is 4.79 Å². The van der Waals surface area contributed by atoms with Crippen molar-refractivity contribution in [2.45, 2.75) is 0 Å². The molecule has 2 rings (SSSR count). The molecule has 2 aromatic carbocycles. The highest BCUT2D eigenvalue weighted by Crippen LogP contribution is 2.19. The van der Waals surface area contributed by atoms with Crippen molar-refractivity contribution in [2.75, 3.05) is 18.5 Å². The SMILES string of the molecule is O=C(COC(=O)COc1cccc(Cl)c1)Nc1ccc(Cl)cc1F. The van der Waals surface area contributed by atoms with Gasteiger partial charge in [0.1, 0.15) is 11.6 Å². The maximum absolute atomic E-state index is 13.5. The Hall–Kier alpha value is -2.31. The van der Waals surface area contributed by atoms with E-state index in [4.69, 9.17) is 32.7 Å². The number of carbonyl (C=O) groups excluding carboxylic acids is 2. The molecule has 1 amide bonds. The van der Waals surface area contributed by atoms with Crippen LogP contribution in [0, 0.1) is 5.82 Å². The maximum Gasteiger partial charge on any atom is 0.344 e. The van der Waals surface area contributed by atoms with E-state index < -0.39 is 24.3 Å². The summed E-state index contributed by atoms with van der Waals surface area (Å²) < 4.78 is 23.4.